The molecule has 4 rings (SSSR count). The molecular weight excluding hydrogens is 394 g/mol. The van der Waals surface area contributed by atoms with E-state index in [1.807, 2.05) is 44.2 Å². The second-order valence-corrected chi connectivity index (χ2v) is 8.33. The van der Waals surface area contributed by atoms with E-state index in [1.165, 1.54) is 29.8 Å². The minimum atomic E-state index is -0.467. The largest absolute Gasteiger partial charge is 0.372 e. The molecule has 2 aliphatic heterocycles. The first kappa shape index (κ1) is 20.3. The zero-order valence-electron chi connectivity index (χ0n) is 17.3. The Bertz CT molecular complexity index is 1020. The molecule has 0 bridgehead atoms. The van der Waals surface area contributed by atoms with Crippen molar-refractivity contribution in [1.82, 2.24) is 5.32 Å². The first-order chi connectivity index (χ1) is 14.4. The third kappa shape index (κ3) is 4.14. The van der Waals surface area contributed by atoms with E-state index in [1.54, 1.807) is 6.08 Å². The molecule has 0 unspecified atom stereocenters. The average Bonchev–Trinajstić information content (AvgIpc) is 2.71. The molecule has 2 amide bonds. The maximum atomic E-state index is 13.2. The first-order valence-corrected chi connectivity index (χ1v) is 10.7. The van der Waals surface area contributed by atoms with E-state index in [-0.39, 0.29) is 10.7 Å². The molecule has 0 atom stereocenters. The number of anilines is 2. The van der Waals surface area contributed by atoms with Crippen molar-refractivity contribution in [2.45, 2.75) is 33.1 Å². The van der Waals surface area contributed by atoms with Crippen LogP contribution in [0.15, 0.2) is 48.0 Å². The Balaban J connectivity index is 1.62. The van der Waals surface area contributed by atoms with Gasteiger partial charge < -0.3 is 4.90 Å². The van der Waals surface area contributed by atoms with Crippen LogP contribution in [0.4, 0.5) is 11.4 Å². The summed E-state index contributed by atoms with van der Waals surface area (Å²) in [7, 11) is 0. The summed E-state index contributed by atoms with van der Waals surface area (Å²) < 4.78 is 0. The number of amides is 2. The van der Waals surface area contributed by atoms with Crippen LogP contribution < -0.4 is 15.1 Å². The summed E-state index contributed by atoms with van der Waals surface area (Å²) in [5.41, 5.74) is 4.77. The van der Waals surface area contributed by atoms with Gasteiger partial charge in [0.25, 0.3) is 11.8 Å². The molecule has 2 aromatic rings. The van der Waals surface area contributed by atoms with Crippen LogP contribution in [0.25, 0.3) is 6.08 Å². The van der Waals surface area contributed by atoms with E-state index >= 15 is 0 Å². The van der Waals surface area contributed by atoms with Gasteiger partial charge in [0, 0.05) is 18.8 Å². The van der Waals surface area contributed by atoms with Crippen LogP contribution in [-0.4, -0.2) is 30.0 Å². The normalized spacial score (nSPS) is 18.7. The second-order valence-electron chi connectivity index (χ2n) is 7.94. The van der Waals surface area contributed by atoms with Gasteiger partial charge in [0.05, 0.1) is 5.69 Å². The van der Waals surface area contributed by atoms with E-state index in [0.717, 1.165) is 29.8 Å². The Labute approximate surface area is 182 Å². The highest BCUT2D eigenvalue weighted by molar-refractivity contribution is 7.80. The number of carbonyl (C=O) groups is 2. The lowest BCUT2D eigenvalue weighted by atomic mass is 10.0. The summed E-state index contributed by atoms with van der Waals surface area (Å²) in [5, 5.41) is 2.76. The molecule has 2 heterocycles. The van der Waals surface area contributed by atoms with E-state index in [0.29, 0.717) is 5.69 Å². The predicted molar refractivity (Wildman–Crippen MR) is 125 cm³/mol. The number of hydrogen-bond donors (Lipinski definition) is 1. The summed E-state index contributed by atoms with van der Waals surface area (Å²) in [6.07, 6.45) is 5.36. The van der Waals surface area contributed by atoms with Gasteiger partial charge in [-0.25, -0.2) is 0 Å². The van der Waals surface area contributed by atoms with Crippen molar-refractivity contribution in [2.75, 3.05) is 22.9 Å². The molecule has 2 aliphatic rings. The number of aryl methyl sites for hydroxylation is 2. The van der Waals surface area contributed by atoms with Gasteiger partial charge in [-0.2, -0.15) is 0 Å². The van der Waals surface area contributed by atoms with Gasteiger partial charge in [0.2, 0.25) is 0 Å². The Morgan fingerprint density at radius 3 is 2.17 bits per heavy atom. The van der Waals surface area contributed by atoms with Crippen LogP contribution in [0.3, 0.4) is 0 Å². The zero-order chi connectivity index (χ0) is 21.3. The highest BCUT2D eigenvalue weighted by Crippen LogP contribution is 2.25. The molecule has 2 saturated heterocycles. The average molecular weight is 420 g/mol. The van der Waals surface area contributed by atoms with Crippen LogP contribution in [-0.2, 0) is 9.59 Å². The van der Waals surface area contributed by atoms with Gasteiger partial charge in [0.1, 0.15) is 5.57 Å². The van der Waals surface area contributed by atoms with Crippen molar-refractivity contribution in [2.24, 2.45) is 0 Å². The van der Waals surface area contributed by atoms with Gasteiger partial charge in [-0.1, -0.05) is 18.2 Å². The predicted octanol–water partition coefficient (Wildman–Crippen LogP) is 4.13. The maximum absolute atomic E-state index is 13.2. The number of thiocarbonyl (C=S) groups is 1. The highest BCUT2D eigenvalue weighted by atomic mass is 32.1. The van der Waals surface area contributed by atoms with Crippen molar-refractivity contribution in [3.05, 3.63) is 64.7 Å². The van der Waals surface area contributed by atoms with Crippen LogP contribution in [0.5, 0.6) is 0 Å². The Kier molecular flexibility index (Phi) is 5.68. The van der Waals surface area contributed by atoms with Crippen molar-refractivity contribution in [1.29, 1.82) is 0 Å². The van der Waals surface area contributed by atoms with E-state index in [9.17, 15) is 9.59 Å². The van der Waals surface area contributed by atoms with E-state index < -0.39 is 11.8 Å². The number of piperidine rings is 1. The minimum absolute atomic E-state index is 0.0773. The summed E-state index contributed by atoms with van der Waals surface area (Å²) in [6, 6.07) is 13.8. The molecule has 154 valence electrons. The van der Waals surface area contributed by atoms with Crippen molar-refractivity contribution in [3.8, 4) is 0 Å². The number of carbonyl (C=O) groups excluding carboxylic acids is 2. The van der Waals surface area contributed by atoms with Crippen LogP contribution >= 0.6 is 12.2 Å². The maximum Gasteiger partial charge on any atom is 0.270 e. The molecule has 2 fully saturated rings. The lowest BCUT2D eigenvalue weighted by molar-refractivity contribution is -0.122. The third-order valence-corrected chi connectivity index (χ3v) is 5.78. The van der Waals surface area contributed by atoms with E-state index in [4.69, 9.17) is 12.2 Å². The van der Waals surface area contributed by atoms with Crippen LogP contribution in [0.1, 0.15) is 36.0 Å². The second kappa shape index (κ2) is 8.40. The fourth-order valence-corrected chi connectivity index (χ4v) is 4.35. The summed E-state index contributed by atoms with van der Waals surface area (Å²) in [4.78, 5) is 29.5. The molecular formula is C24H25N3O2S. The number of rotatable bonds is 3. The number of nitrogens with one attached hydrogen (secondary N) is 1. The number of benzene rings is 2. The lowest BCUT2D eigenvalue weighted by Crippen LogP contribution is -2.54. The SMILES string of the molecule is Cc1cc(C)cc(N2C(=O)C(=Cc3ccc(N4CCCCC4)cc3)C(=O)NC2=S)c1. The number of nitrogens with zero attached hydrogens (tertiary/aromatic N) is 2. The lowest BCUT2D eigenvalue weighted by Gasteiger charge is -2.29. The van der Waals surface area contributed by atoms with Gasteiger partial charge in [-0.3, -0.25) is 19.8 Å². The van der Waals surface area contributed by atoms with Crippen molar-refractivity contribution < 1.29 is 9.59 Å². The molecule has 5 nitrogen and oxygen atoms in total. The smallest absolute Gasteiger partial charge is 0.270 e. The fraction of sp³-hybridized carbons (Fsp3) is 0.292. The van der Waals surface area contributed by atoms with Gasteiger partial charge >= 0.3 is 0 Å². The molecule has 0 aliphatic carbocycles. The summed E-state index contributed by atoms with van der Waals surface area (Å²) in [5.74, 6) is -0.875. The summed E-state index contributed by atoms with van der Waals surface area (Å²) >= 11 is 5.30. The first-order valence-electron chi connectivity index (χ1n) is 10.3. The Morgan fingerprint density at radius 2 is 1.53 bits per heavy atom. The topological polar surface area (TPSA) is 52.7 Å². The van der Waals surface area contributed by atoms with Gasteiger partial charge in [0.15, 0.2) is 5.11 Å². The van der Waals surface area contributed by atoms with Gasteiger partial charge in [-0.15, -0.1) is 0 Å². The zero-order valence-corrected chi connectivity index (χ0v) is 18.1. The monoisotopic (exact) mass is 419 g/mol. The molecule has 2 aromatic carbocycles. The molecule has 0 aromatic heterocycles. The highest BCUT2D eigenvalue weighted by Gasteiger charge is 2.34. The van der Waals surface area contributed by atoms with Crippen molar-refractivity contribution >= 4 is 46.6 Å². The van der Waals surface area contributed by atoms with Crippen LogP contribution in [0.2, 0.25) is 0 Å². The van der Waals surface area contributed by atoms with E-state index in [2.05, 4.69) is 22.3 Å². The van der Waals surface area contributed by atoms with Gasteiger partial charge in [-0.05, 0) is 92.4 Å². The third-order valence-electron chi connectivity index (χ3n) is 5.49. The molecule has 0 spiro atoms. The van der Waals surface area contributed by atoms with Crippen LogP contribution in [0, 0.1) is 13.8 Å². The standard InChI is InChI=1S/C24H25N3O2S/c1-16-12-17(2)14-20(13-16)27-23(29)21(22(28)25-24(27)30)15-18-6-8-19(9-7-18)26-10-4-3-5-11-26/h6-9,12-15H,3-5,10-11H2,1-2H3,(H,25,28,30). The molecule has 0 saturated carbocycles. The number of hydrogen-bond acceptors (Lipinski definition) is 4. The fourth-order valence-electron chi connectivity index (χ4n) is 4.07. The molecule has 1 N–H and O–H groups in total. The molecule has 30 heavy (non-hydrogen) atoms. The summed E-state index contributed by atoms with van der Waals surface area (Å²) in [6.45, 7) is 6.08. The quantitative estimate of drug-likeness (QED) is 0.462. The molecule has 6 heteroatoms. The van der Waals surface area contributed by atoms with Crippen molar-refractivity contribution in [3.63, 3.8) is 0 Å². The Morgan fingerprint density at radius 1 is 0.900 bits per heavy atom. The molecule has 0 radical (unpaired) electrons. The Hall–Kier alpha value is -2.99. The minimum Gasteiger partial charge on any atom is -0.372 e.